The fraction of sp³-hybridized carbons (Fsp3) is 0.261. The number of hydrogen-bond donors (Lipinski definition) is 2. The third-order valence-electron chi connectivity index (χ3n) is 4.91. The summed E-state index contributed by atoms with van der Waals surface area (Å²) in [5.41, 5.74) is 2.82. The number of rotatable bonds is 7. The Morgan fingerprint density at radius 1 is 1.14 bits per heavy atom. The zero-order valence-corrected chi connectivity index (χ0v) is 17.0. The van der Waals surface area contributed by atoms with Crippen molar-refractivity contribution >= 4 is 22.9 Å². The Morgan fingerprint density at radius 3 is 2.45 bits per heavy atom. The maximum atomic E-state index is 12.9. The number of aliphatic hydroxyl groups is 1. The number of benzene rings is 2. The van der Waals surface area contributed by atoms with Crippen LogP contribution in [0.5, 0.6) is 16.6 Å². The minimum absolute atomic E-state index is 0.0516. The molecular weight excluding hydrogens is 386 g/mol. The van der Waals surface area contributed by atoms with Gasteiger partial charge in [-0.1, -0.05) is 36.4 Å². The number of aryl methyl sites for hydroxylation is 1. The minimum atomic E-state index is -0.0598. The van der Waals surface area contributed by atoms with Gasteiger partial charge in [0.15, 0.2) is 5.06 Å². The number of aliphatic hydroxyl groups excluding tert-OH is 1. The van der Waals surface area contributed by atoms with Crippen LogP contribution >= 0.6 is 11.3 Å². The molecule has 150 valence electrons. The number of hydrogen-bond acceptors (Lipinski definition) is 5. The maximum absolute atomic E-state index is 12.9. The summed E-state index contributed by atoms with van der Waals surface area (Å²) < 4.78 is 11.6. The van der Waals surface area contributed by atoms with Crippen LogP contribution < -0.4 is 14.8 Å². The molecule has 0 saturated carbocycles. The fourth-order valence-electron chi connectivity index (χ4n) is 3.50. The normalized spacial score (nSPS) is 12.6. The van der Waals surface area contributed by atoms with Crippen molar-refractivity contribution in [3.8, 4) is 16.6 Å². The first kappa shape index (κ1) is 19.5. The second-order valence-corrected chi connectivity index (χ2v) is 8.16. The van der Waals surface area contributed by atoms with Gasteiger partial charge in [0.05, 0.1) is 12.3 Å². The summed E-state index contributed by atoms with van der Waals surface area (Å²) in [5, 5.41) is 12.7. The van der Waals surface area contributed by atoms with Gasteiger partial charge in [-0.15, -0.1) is 11.3 Å². The van der Waals surface area contributed by atoms with Crippen molar-refractivity contribution < 1.29 is 19.4 Å². The van der Waals surface area contributed by atoms with Crippen molar-refractivity contribution in [1.29, 1.82) is 0 Å². The Labute approximate surface area is 173 Å². The topological polar surface area (TPSA) is 67.8 Å². The van der Waals surface area contributed by atoms with Crippen molar-refractivity contribution in [2.45, 2.75) is 25.7 Å². The Balaban J connectivity index is 1.51. The zero-order valence-electron chi connectivity index (χ0n) is 16.2. The van der Waals surface area contributed by atoms with Crippen LogP contribution in [0, 0.1) is 6.92 Å². The molecule has 0 unspecified atom stereocenters. The van der Waals surface area contributed by atoms with Crippen LogP contribution in [0.4, 0.5) is 5.69 Å². The molecular formula is C23H23NO4S. The van der Waals surface area contributed by atoms with Gasteiger partial charge < -0.3 is 19.9 Å². The fourth-order valence-corrected chi connectivity index (χ4v) is 4.34. The molecule has 0 radical (unpaired) electrons. The first-order valence-electron chi connectivity index (χ1n) is 9.65. The molecule has 29 heavy (non-hydrogen) atoms. The van der Waals surface area contributed by atoms with E-state index < -0.39 is 0 Å². The van der Waals surface area contributed by atoms with E-state index in [1.807, 2.05) is 61.5 Å². The second-order valence-electron chi connectivity index (χ2n) is 6.94. The number of nitrogens with one attached hydrogen (secondary N) is 1. The lowest BCUT2D eigenvalue weighted by Crippen LogP contribution is -2.19. The molecule has 0 saturated heterocycles. The molecule has 1 aliphatic rings. The monoisotopic (exact) mass is 409 g/mol. The minimum Gasteiger partial charge on any atom is -0.484 e. The van der Waals surface area contributed by atoms with E-state index in [2.05, 4.69) is 5.32 Å². The Morgan fingerprint density at radius 2 is 1.79 bits per heavy atom. The highest BCUT2D eigenvalue weighted by molar-refractivity contribution is 7.14. The lowest BCUT2D eigenvalue weighted by Gasteiger charge is -2.27. The average molecular weight is 410 g/mol. The molecule has 6 heteroatoms. The maximum Gasteiger partial charge on any atom is 0.225 e. The smallest absolute Gasteiger partial charge is 0.225 e. The predicted molar refractivity (Wildman–Crippen MR) is 114 cm³/mol. The molecule has 0 spiro atoms. The number of fused-ring (bicyclic) bond motifs is 2. The van der Waals surface area contributed by atoms with E-state index in [4.69, 9.17) is 14.6 Å². The average Bonchev–Trinajstić information content (AvgIpc) is 3.07. The molecule has 1 amide bonds. The zero-order chi connectivity index (χ0) is 20.2. The van der Waals surface area contributed by atoms with Gasteiger partial charge in [-0.2, -0.15) is 0 Å². The van der Waals surface area contributed by atoms with Crippen LogP contribution in [0.1, 0.15) is 34.8 Å². The highest BCUT2D eigenvalue weighted by Gasteiger charge is 2.28. The molecule has 2 aromatic carbocycles. The first-order valence-corrected chi connectivity index (χ1v) is 10.5. The van der Waals surface area contributed by atoms with Crippen LogP contribution in [0.2, 0.25) is 0 Å². The van der Waals surface area contributed by atoms with Crippen molar-refractivity contribution in [3.05, 3.63) is 70.6 Å². The van der Waals surface area contributed by atoms with Gasteiger partial charge in [0.25, 0.3) is 0 Å². The number of anilines is 1. The van der Waals surface area contributed by atoms with Crippen molar-refractivity contribution in [2.75, 3.05) is 18.5 Å². The van der Waals surface area contributed by atoms with Crippen LogP contribution in [0.3, 0.4) is 0 Å². The largest absolute Gasteiger partial charge is 0.484 e. The molecule has 5 nitrogen and oxygen atoms in total. The third kappa shape index (κ3) is 4.28. The molecule has 0 bridgehead atoms. The summed E-state index contributed by atoms with van der Waals surface area (Å²) in [6.45, 7) is 2.51. The first-order chi connectivity index (χ1) is 14.2. The molecule has 4 rings (SSSR count). The van der Waals surface area contributed by atoms with Gasteiger partial charge in [-0.3, -0.25) is 4.79 Å². The highest BCUT2D eigenvalue weighted by Crippen LogP contribution is 2.45. The van der Waals surface area contributed by atoms with E-state index in [9.17, 15) is 4.79 Å². The number of carbonyl (C=O) groups excluding carboxylic acids is 1. The van der Waals surface area contributed by atoms with Gasteiger partial charge in [0, 0.05) is 47.4 Å². The summed E-state index contributed by atoms with van der Waals surface area (Å²) in [5.74, 6) is 1.49. The molecule has 0 atom stereocenters. The van der Waals surface area contributed by atoms with E-state index in [0.29, 0.717) is 19.4 Å². The van der Waals surface area contributed by atoms with E-state index in [0.717, 1.165) is 38.3 Å². The van der Waals surface area contributed by atoms with Crippen LogP contribution in [0.25, 0.3) is 0 Å². The van der Waals surface area contributed by atoms with E-state index >= 15 is 0 Å². The lowest BCUT2D eigenvalue weighted by atomic mass is 9.85. The number of amides is 1. The SMILES string of the molecule is Cc1sc(OCCCO)cc1NC(=O)CC1c2ccccc2Oc2ccccc21. The Bertz CT molecular complexity index is 968. The van der Waals surface area contributed by atoms with Crippen LogP contribution in [-0.2, 0) is 4.79 Å². The third-order valence-corrected chi connectivity index (χ3v) is 5.88. The number of thiophene rings is 1. The Hall–Kier alpha value is -2.83. The molecule has 3 aromatic rings. The van der Waals surface area contributed by atoms with Gasteiger partial charge in [0.2, 0.25) is 5.91 Å². The predicted octanol–water partition coefficient (Wildman–Crippen LogP) is 5.08. The lowest BCUT2D eigenvalue weighted by molar-refractivity contribution is -0.116. The Kier molecular flexibility index (Phi) is 5.83. The number of para-hydroxylation sites is 2. The molecule has 0 aliphatic carbocycles. The molecule has 1 aliphatic heterocycles. The van der Waals surface area contributed by atoms with Crippen molar-refractivity contribution in [3.63, 3.8) is 0 Å². The van der Waals surface area contributed by atoms with Crippen molar-refractivity contribution in [2.24, 2.45) is 0 Å². The van der Waals surface area contributed by atoms with Gasteiger partial charge in [0.1, 0.15) is 11.5 Å². The summed E-state index contributed by atoms with van der Waals surface area (Å²) in [6.07, 6.45) is 0.911. The molecule has 0 fully saturated rings. The molecule has 2 heterocycles. The van der Waals surface area contributed by atoms with Gasteiger partial charge in [-0.05, 0) is 19.1 Å². The van der Waals surface area contributed by atoms with E-state index in [1.165, 1.54) is 11.3 Å². The number of ether oxygens (including phenoxy) is 2. The van der Waals surface area contributed by atoms with Crippen molar-refractivity contribution in [1.82, 2.24) is 0 Å². The summed E-state index contributed by atoms with van der Waals surface area (Å²) in [4.78, 5) is 13.9. The van der Waals surface area contributed by atoms with Crippen LogP contribution in [0.15, 0.2) is 54.6 Å². The molecule has 2 N–H and O–H groups in total. The van der Waals surface area contributed by atoms with Crippen LogP contribution in [-0.4, -0.2) is 24.2 Å². The van der Waals surface area contributed by atoms with Gasteiger partial charge >= 0.3 is 0 Å². The second kappa shape index (κ2) is 8.68. The summed E-state index contributed by atoms with van der Waals surface area (Å²) in [6, 6.07) is 17.6. The standard InChI is InChI=1S/C23H23NO4S/c1-15-19(14-23(29-15)27-12-6-11-25)24-22(26)13-18-16-7-2-4-9-20(16)28-21-10-5-3-8-17(18)21/h2-5,7-10,14,18,25H,6,11-13H2,1H3,(H,24,26). The van der Waals surface area contributed by atoms with E-state index in [1.54, 1.807) is 0 Å². The summed E-state index contributed by atoms with van der Waals surface area (Å²) in [7, 11) is 0. The summed E-state index contributed by atoms with van der Waals surface area (Å²) >= 11 is 1.49. The number of carbonyl (C=O) groups is 1. The highest BCUT2D eigenvalue weighted by atomic mass is 32.1. The molecule has 1 aromatic heterocycles. The van der Waals surface area contributed by atoms with Gasteiger partial charge in [-0.25, -0.2) is 0 Å². The van der Waals surface area contributed by atoms with E-state index in [-0.39, 0.29) is 18.4 Å². The quantitative estimate of drug-likeness (QED) is 0.534.